The molecule has 6 nitrogen and oxygen atoms in total. The smallest absolute Gasteiger partial charge is 0.156 e. The molecule has 0 atom stereocenters. The third-order valence-corrected chi connectivity index (χ3v) is 6.03. The zero-order valence-electron chi connectivity index (χ0n) is 17.5. The number of anilines is 1. The van der Waals surface area contributed by atoms with Gasteiger partial charge >= 0.3 is 0 Å². The Morgan fingerprint density at radius 2 is 1.90 bits per heavy atom. The fraction of sp³-hybridized carbons (Fsp3) is 0.417. The number of benzene rings is 1. The summed E-state index contributed by atoms with van der Waals surface area (Å²) in [7, 11) is 0. The normalized spacial score (nSPS) is 20.6. The van der Waals surface area contributed by atoms with Crippen LogP contribution in [0.5, 0.6) is 0 Å². The number of allylic oxidation sites excluding steroid dienone is 2. The summed E-state index contributed by atoms with van der Waals surface area (Å²) in [6.45, 7) is 8.08. The summed E-state index contributed by atoms with van der Waals surface area (Å²) in [4.78, 5) is 28.2. The summed E-state index contributed by atoms with van der Waals surface area (Å²) in [5.74, 6) is 1.12. The molecular formula is C24H26N4O2. The second-order valence-corrected chi connectivity index (χ2v) is 9.05. The molecule has 0 radical (unpaired) electrons. The van der Waals surface area contributed by atoms with Crippen molar-refractivity contribution in [1.29, 1.82) is 0 Å². The van der Waals surface area contributed by atoms with Gasteiger partial charge in [0, 0.05) is 31.1 Å². The monoisotopic (exact) mass is 402 g/mol. The molecule has 0 spiro atoms. The molecule has 30 heavy (non-hydrogen) atoms. The lowest BCUT2D eigenvalue weighted by atomic mass is 9.75. The largest absolute Gasteiger partial charge is 0.378 e. The van der Waals surface area contributed by atoms with Crippen LogP contribution in [0.2, 0.25) is 0 Å². The summed E-state index contributed by atoms with van der Waals surface area (Å²) in [5.41, 5.74) is 6.27. The van der Waals surface area contributed by atoms with Gasteiger partial charge in [0.25, 0.3) is 0 Å². The number of nitrogens with zero attached hydrogens (tertiary/aromatic N) is 4. The van der Waals surface area contributed by atoms with Crippen molar-refractivity contribution in [2.45, 2.75) is 33.2 Å². The van der Waals surface area contributed by atoms with Gasteiger partial charge in [0.15, 0.2) is 5.78 Å². The van der Waals surface area contributed by atoms with E-state index in [1.54, 1.807) is 6.33 Å². The minimum absolute atomic E-state index is 0.00316. The number of aliphatic imine (C=N–C) groups is 1. The first-order valence-corrected chi connectivity index (χ1v) is 10.6. The lowest BCUT2D eigenvalue weighted by Gasteiger charge is -2.29. The summed E-state index contributed by atoms with van der Waals surface area (Å²) in [6, 6.07) is 8.46. The molecule has 5 rings (SSSR count). The van der Waals surface area contributed by atoms with E-state index >= 15 is 0 Å². The van der Waals surface area contributed by atoms with Gasteiger partial charge in [-0.15, -0.1) is 0 Å². The Morgan fingerprint density at radius 3 is 2.70 bits per heavy atom. The summed E-state index contributed by atoms with van der Waals surface area (Å²) in [6.07, 6.45) is 4.95. The Hall–Kier alpha value is -2.86. The average molecular weight is 402 g/mol. The number of aromatic nitrogens is 2. The molecule has 0 amide bonds. The van der Waals surface area contributed by atoms with Crippen molar-refractivity contribution in [3.05, 3.63) is 59.1 Å². The van der Waals surface area contributed by atoms with Crippen LogP contribution >= 0.6 is 0 Å². The Labute approximate surface area is 176 Å². The third kappa shape index (κ3) is 3.67. The van der Waals surface area contributed by atoms with Crippen LogP contribution in [0.4, 0.5) is 5.82 Å². The Balaban J connectivity index is 1.47. The molecule has 1 saturated heterocycles. The van der Waals surface area contributed by atoms with Crippen LogP contribution in [0.3, 0.4) is 0 Å². The molecule has 0 saturated carbocycles. The Morgan fingerprint density at radius 1 is 1.07 bits per heavy atom. The van der Waals surface area contributed by atoms with Crippen molar-refractivity contribution in [1.82, 2.24) is 9.97 Å². The second-order valence-electron chi connectivity index (χ2n) is 9.05. The van der Waals surface area contributed by atoms with Crippen molar-refractivity contribution in [2.24, 2.45) is 10.4 Å². The number of carbonyl (C=O) groups excluding carboxylic acids is 1. The first-order chi connectivity index (χ1) is 14.5. The number of ketones is 1. The van der Waals surface area contributed by atoms with E-state index in [1.165, 1.54) is 5.56 Å². The highest BCUT2D eigenvalue weighted by Crippen LogP contribution is 2.39. The van der Waals surface area contributed by atoms with Crippen LogP contribution in [-0.4, -0.2) is 47.8 Å². The minimum Gasteiger partial charge on any atom is -0.378 e. The average Bonchev–Trinajstić information content (AvgIpc) is 3.16. The molecule has 1 aromatic heterocycles. The summed E-state index contributed by atoms with van der Waals surface area (Å²) >= 11 is 0. The molecule has 1 aromatic carbocycles. The number of morpholine rings is 1. The van der Waals surface area contributed by atoms with Gasteiger partial charge < -0.3 is 9.64 Å². The quantitative estimate of drug-likeness (QED) is 0.787. The van der Waals surface area contributed by atoms with Gasteiger partial charge in [-0.3, -0.25) is 9.79 Å². The Kier molecular flexibility index (Phi) is 4.74. The van der Waals surface area contributed by atoms with Crippen molar-refractivity contribution < 1.29 is 9.53 Å². The molecule has 1 fully saturated rings. The highest BCUT2D eigenvalue weighted by atomic mass is 16.5. The molecule has 154 valence electrons. The van der Waals surface area contributed by atoms with E-state index in [1.807, 2.05) is 12.1 Å². The molecular weight excluding hydrogens is 376 g/mol. The lowest BCUT2D eigenvalue weighted by molar-refractivity contribution is -0.116. The fourth-order valence-corrected chi connectivity index (χ4v) is 4.58. The van der Waals surface area contributed by atoms with Crippen molar-refractivity contribution in [3.8, 4) is 0 Å². The van der Waals surface area contributed by atoms with Crippen LogP contribution in [0.15, 0.2) is 41.7 Å². The molecule has 6 heteroatoms. The summed E-state index contributed by atoms with van der Waals surface area (Å²) < 4.78 is 5.45. The number of hydrogen-bond donors (Lipinski definition) is 0. The zero-order chi connectivity index (χ0) is 20.7. The Bertz CT molecular complexity index is 1060. The first-order valence-electron chi connectivity index (χ1n) is 10.6. The van der Waals surface area contributed by atoms with E-state index < -0.39 is 0 Å². The molecule has 3 aliphatic rings. The molecule has 0 unspecified atom stereocenters. The fourth-order valence-electron chi connectivity index (χ4n) is 4.58. The van der Waals surface area contributed by atoms with E-state index in [0.717, 1.165) is 66.6 Å². The maximum absolute atomic E-state index is 12.2. The van der Waals surface area contributed by atoms with E-state index in [2.05, 4.69) is 46.9 Å². The van der Waals surface area contributed by atoms with Crippen LogP contribution in [0, 0.1) is 5.41 Å². The van der Waals surface area contributed by atoms with Gasteiger partial charge in [0.2, 0.25) is 0 Å². The van der Waals surface area contributed by atoms with Gasteiger partial charge in [-0.2, -0.15) is 0 Å². The van der Waals surface area contributed by atoms with E-state index in [-0.39, 0.29) is 11.2 Å². The molecule has 0 N–H and O–H groups in total. The van der Waals surface area contributed by atoms with Gasteiger partial charge in [-0.1, -0.05) is 26.0 Å². The second kappa shape index (κ2) is 7.43. The van der Waals surface area contributed by atoms with Crippen LogP contribution in [-0.2, 0) is 16.1 Å². The highest BCUT2D eigenvalue weighted by Gasteiger charge is 2.29. The maximum Gasteiger partial charge on any atom is 0.156 e. The van der Waals surface area contributed by atoms with Gasteiger partial charge in [-0.05, 0) is 40.7 Å². The van der Waals surface area contributed by atoms with E-state index in [0.29, 0.717) is 13.0 Å². The standard InChI is InChI=1S/C24H26N4O2/c1-24(2)12-18(9-19(29)13-24)16-3-4-17-14-25-23(20(17)10-16)21-11-22(27-15-26-21)28-5-7-30-8-6-28/h3-4,9-11,15H,5-8,12-14H2,1-2H3. The number of ether oxygens (including phenoxy) is 1. The first kappa shape index (κ1) is 19.1. The van der Waals surface area contributed by atoms with Gasteiger partial charge in [-0.25, -0.2) is 9.97 Å². The van der Waals surface area contributed by atoms with Crippen LogP contribution < -0.4 is 4.90 Å². The van der Waals surface area contributed by atoms with Crippen molar-refractivity contribution in [3.63, 3.8) is 0 Å². The predicted molar refractivity (Wildman–Crippen MR) is 117 cm³/mol. The van der Waals surface area contributed by atoms with Gasteiger partial charge in [0.05, 0.1) is 31.2 Å². The number of carbonyl (C=O) groups is 1. The van der Waals surface area contributed by atoms with Crippen LogP contribution in [0.25, 0.3) is 5.57 Å². The van der Waals surface area contributed by atoms with Crippen molar-refractivity contribution >= 4 is 22.9 Å². The van der Waals surface area contributed by atoms with E-state index in [4.69, 9.17) is 9.73 Å². The number of rotatable bonds is 3. The third-order valence-electron chi connectivity index (χ3n) is 6.03. The maximum atomic E-state index is 12.2. The molecule has 0 bridgehead atoms. The molecule has 2 aromatic rings. The predicted octanol–water partition coefficient (Wildman–Crippen LogP) is 3.44. The number of hydrogen-bond acceptors (Lipinski definition) is 6. The highest BCUT2D eigenvalue weighted by molar-refractivity contribution is 6.14. The SMILES string of the molecule is CC1(C)CC(=O)C=C(c2ccc3c(c2)C(c2cc(N4CCOCC4)ncn2)=NC3)C1. The zero-order valence-corrected chi connectivity index (χ0v) is 17.5. The summed E-state index contributed by atoms with van der Waals surface area (Å²) in [5, 5.41) is 0. The minimum atomic E-state index is -0.00316. The van der Waals surface area contributed by atoms with Gasteiger partial charge in [0.1, 0.15) is 12.1 Å². The molecule has 3 heterocycles. The van der Waals surface area contributed by atoms with E-state index in [9.17, 15) is 4.79 Å². The van der Waals surface area contributed by atoms with Crippen molar-refractivity contribution in [2.75, 3.05) is 31.2 Å². The van der Waals surface area contributed by atoms with Crippen LogP contribution in [0.1, 0.15) is 49.1 Å². The lowest BCUT2D eigenvalue weighted by Crippen LogP contribution is -2.36. The molecule has 1 aliphatic carbocycles. The topological polar surface area (TPSA) is 67.7 Å². The number of fused-ring (bicyclic) bond motifs is 1. The molecule has 2 aliphatic heterocycles.